The lowest BCUT2D eigenvalue weighted by molar-refractivity contribution is 0.281. The van der Waals surface area contributed by atoms with Crippen molar-refractivity contribution in [1.29, 1.82) is 0 Å². The second kappa shape index (κ2) is 9.33. The molecule has 0 aliphatic heterocycles. The van der Waals surface area contributed by atoms with Gasteiger partial charge >= 0.3 is 0 Å². The van der Waals surface area contributed by atoms with E-state index in [1.807, 2.05) is 31.2 Å². The summed E-state index contributed by atoms with van der Waals surface area (Å²) in [6.45, 7) is 2.23. The Morgan fingerprint density at radius 3 is 1.41 bits per heavy atom. The van der Waals surface area contributed by atoms with Gasteiger partial charge in [0.2, 0.25) is 10.0 Å². The highest BCUT2D eigenvalue weighted by Gasteiger charge is 2.25. The predicted molar refractivity (Wildman–Crippen MR) is 112 cm³/mol. The largest absolute Gasteiger partial charge is 0.392 e. The Labute approximate surface area is 171 Å². The first-order chi connectivity index (χ1) is 13.9. The Hall–Kier alpha value is -2.51. The average Bonchev–Trinajstić information content (AvgIpc) is 2.74. The molecule has 0 saturated heterocycles. The van der Waals surface area contributed by atoms with Gasteiger partial charge in [-0.05, 0) is 41.3 Å². The standard InChI is InChI=1S/C23H25NO4S/c1-18-2-12-23(13-3-18)29(27,28)24(14-19-4-8-21(16-25)9-5-19)15-20-6-10-22(17-26)11-7-20/h2-13,25-26H,14-17H2,1H3. The molecule has 152 valence electrons. The third-order valence-corrected chi connectivity index (χ3v) is 6.59. The average molecular weight is 412 g/mol. The van der Waals surface area contributed by atoms with Crippen LogP contribution < -0.4 is 0 Å². The number of benzene rings is 3. The molecule has 29 heavy (non-hydrogen) atoms. The second-order valence-electron chi connectivity index (χ2n) is 7.04. The maximum atomic E-state index is 13.3. The molecule has 3 aromatic carbocycles. The smallest absolute Gasteiger partial charge is 0.243 e. The molecule has 0 unspecified atom stereocenters. The molecule has 0 spiro atoms. The summed E-state index contributed by atoms with van der Waals surface area (Å²) in [4.78, 5) is 0.252. The van der Waals surface area contributed by atoms with Gasteiger partial charge in [-0.2, -0.15) is 4.31 Å². The fourth-order valence-electron chi connectivity index (χ4n) is 2.99. The SMILES string of the molecule is Cc1ccc(S(=O)(=O)N(Cc2ccc(CO)cc2)Cc2ccc(CO)cc2)cc1. The molecular formula is C23H25NO4S. The summed E-state index contributed by atoms with van der Waals surface area (Å²) in [5, 5.41) is 18.4. The van der Waals surface area contributed by atoms with Crippen molar-refractivity contribution in [2.45, 2.75) is 38.1 Å². The molecule has 2 N–H and O–H groups in total. The lowest BCUT2D eigenvalue weighted by atomic mass is 10.1. The van der Waals surface area contributed by atoms with Gasteiger partial charge in [-0.1, -0.05) is 66.2 Å². The highest BCUT2D eigenvalue weighted by atomic mass is 32.2. The summed E-state index contributed by atoms with van der Waals surface area (Å²) in [7, 11) is -3.71. The quantitative estimate of drug-likeness (QED) is 0.596. The minimum atomic E-state index is -3.71. The van der Waals surface area contributed by atoms with Crippen molar-refractivity contribution in [2.75, 3.05) is 0 Å². The summed E-state index contributed by atoms with van der Waals surface area (Å²) in [6.07, 6.45) is 0. The fourth-order valence-corrected chi connectivity index (χ4v) is 4.41. The van der Waals surface area contributed by atoms with Crippen LogP contribution in [0.25, 0.3) is 0 Å². The molecule has 0 aromatic heterocycles. The Morgan fingerprint density at radius 1 is 0.655 bits per heavy atom. The van der Waals surface area contributed by atoms with E-state index >= 15 is 0 Å². The van der Waals surface area contributed by atoms with Crippen LogP contribution in [0.3, 0.4) is 0 Å². The van der Waals surface area contributed by atoms with Gasteiger partial charge in [-0.3, -0.25) is 0 Å². The zero-order chi connectivity index (χ0) is 20.9. The molecule has 0 fully saturated rings. The highest BCUT2D eigenvalue weighted by Crippen LogP contribution is 2.22. The highest BCUT2D eigenvalue weighted by molar-refractivity contribution is 7.89. The van der Waals surface area contributed by atoms with Gasteiger partial charge in [0.05, 0.1) is 18.1 Å². The van der Waals surface area contributed by atoms with Crippen LogP contribution in [0.2, 0.25) is 0 Å². The lowest BCUT2D eigenvalue weighted by Crippen LogP contribution is -2.30. The zero-order valence-electron chi connectivity index (χ0n) is 16.3. The van der Waals surface area contributed by atoms with Gasteiger partial charge in [0.15, 0.2) is 0 Å². The number of hydrogen-bond acceptors (Lipinski definition) is 4. The minimum absolute atomic E-state index is 0.0527. The van der Waals surface area contributed by atoms with Crippen LogP contribution in [0.5, 0.6) is 0 Å². The van der Waals surface area contributed by atoms with Crippen LogP contribution in [0.15, 0.2) is 77.7 Å². The van der Waals surface area contributed by atoms with Crippen molar-refractivity contribution in [3.63, 3.8) is 0 Å². The monoisotopic (exact) mass is 411 g/mol. The first kappa shape index (κ1) is 21.2. The third-order valence-electron chi connectivity index (χ3n) is 4.79. The molecule has 0 heterocycles. The molecule has 0 bridgehead atoms. The van der Waals surface area contributed by atoms with E-state index in [4.69, 9.17) is 0 Å². The topological polar surface area (TPSA) is 77.8 Å². The number of hydrogen-bond donors (Lipinski definition) is 2. The fraction of sp³-hybridized carbons (Fsp3) is 0.217. The molecule has 0 radical (unpaired) electrons. The number of sulfonamides is 1. The molecule has 6 heteroatoms. The van der Waals surface area contributed by atoms with Crippen LogP contribution in [-0.2, 0) is 36.3 Å². The number of aryl methyl sites for hydroxylation is 1. The first-order valence-electron chi connectivity index (χ1n) is 9.36. The molecule has 0 saturated carbocycles. The van der Waals surface area contributed by atoms with E-state index in [1.165, 1.54) is 4.31 Å². The van der Waals surface area contributed by atoms with Crippen LogP contribution in [0, 0.1) is 6.92 Å². The predicted octanol–water partition coefficient (Wildman–Crippen LogP) is 3.37. The molecular weight excluding hydrogens is 386 g/mol. The van der Waals surface area contributed by atoms with Gasteiger partial charge in [0.1, 0.15) is 0 Å². The third kappa shape index (κ3) is 5.31. The number of rotatable bonds is 8. The molecule has 0 atom stereocenters. The number of aliphatic hydroxyl groups is 2. The molecule has 5 nitrogen and oxygen atoms in total. The van der Waals surface area contributed by atoms with Crippen LogP contribution in [0.1, 0.15) is 27.8 Å². The van der Waals surface area contributed by atoms with Crippen molar-refractivity contribution >= 4 is 10.0 Å². The minimum Gasteiger partial charge on any atom is -0.392 e. The number of aliphatic hydroxyl groups excluding tert-OH is 2. The molecule has 3 aromatic rings. The summed E-state index contributed by atoms with van der Waals surface area (Å²) >= 11 is 0. The Kier molecular flexibility index (Phi) is 6.82. The van der Waals surface area contributed by atoms with Gasteiger partial charge < -0.3 is 10.2 Å². The lowest BCUT2D eigenvalue weighted by Gasteiger charge is -2.23. The molecule has 0 amide bonds. The van der Waals surface area contributed by atoms with Crippen LogP contribution >= 0.6 is 0 Å². The Bertz CT molecular complexity index is 978. The summed E-state index contributed by atoms with van der Waals surface area (Å²) < 4.78 is 28.1. The van der Waals surface area contributed by atoms with E-state index < -0.39 is 10.0 Å². The van der Waals surface area contributed by atoms with E-state index in [0.29, 0.717) is 0 Å². The normalized spacial score (nSPS) is 11.7. The maximum absolute atomic E-state index is 13.3. The summed E-state index contributed by atoms with van der Waals surface area (Å²) in [6, 6.07) is 21.3. The van der Waals surface area contributed by atoms with E-state index in [0.717, 1.165) is 27.8 Å². The first-order valence-corrected chi connectivity index (χ1v) is 10.8. The van der Waals surface area contributed by atoms with Crippen molar-refractivity contribution in [3.8, 4) is 0 Å². The molecule has 0 aliphatic rings. The number of nitrogens with zero attached hydrogens (tertiary/aromatic N) is 1. The van der Waals surface area contributed by atoms with Crippen molar-refractivity contribution in [1.82, 2.24) is 4.31 Å². The van der Waals surface area contributed by atoms with Crippen molar-refractivity contribution in [3.05, 3.63) is 101 Å². The van der Waals surface area contributed by atoms with E-state index in [1.54, 1.807) is 48.5 Å². The Balaban J connectivity index is 1.93. The van der Waals surface area contributed by atoms with Crippen molar-refractivity contribution in [2.24, 2.45) is 0 Å². The van der Waals surface area contributed by atoms with Gasteiger partial charge in [0, 0.05) is 13.1 Å². The molecule has 3 rings (SSSR count). The second-order valence-corrected chi connectivity index (χ2v) is 8.97. The summed E-state index contributed by atoms with van der Waals surface area (Å²) in [5.41, 5.74) is 4.23. The van der Waals surface area contributed by atoms with Gasteiger partial charge in [-0.25, -0.2) is 8.42 Å². The van der Waals surface area contributed by atoms with Crippen molar-refractivity contribution < 1.29 is 18.6 Å². The summed E-state index contributed by atoms with van der Waals surface area (Å²) in [5.74, 6) is 0. The van der Waals surface area contributed by atoms with E-state index in [2.05, 4.69) is 0 Å². The molecule has 0 aliphatic carbocycles. The van der Waals surface area contributed by atoms with Crippen LogP contribution in [0.4, 0.5) is 0 Å². The van der Waals surface area contributed by atoms with E-state index in [-0.39, 0.29) is 31.2 Å². The van der Waals surface area contributed by atoms with Gasteiger partial charge in [-0.15, -0.1) is 0 Å². The van der Waals surface area contributed by atoms with Gasteiger partial charge in [0.25, 0.3) is 0 Å². The van der Waals surface area contributed by atoms with Crippen LogP contribution in [-0.4, -0.2) is 22.9 Å². The Morgan fingerprint density at radius 2 is 1.03 bits per heavy atom. The maximum Gasteiger partial charge on any atom is 0.243 e. The zero-order valence-corrected chi connectivity index (χ0v) is 17.1. The van der Waals surface area contributed by atoms with E-state index in [9.17, 15) is 18.6 Å².